The zero-order valence-corrected chi connectivity index (χ0v) is 5.06. The molecule has 0 saturated heterocycles. The van der Waals surface area contributed by atoms with Crippen molar-refractivity contribution >= 4 is 0 Å². The average molecular weight is 112 g/mol. The van der Waals surface area contributed by atoms with Crippen molar-refractivity contribution in [3.8, 4) is 0 Å². The quantitative estimate of drug-likeness (QED) is 0.568. The molecule has 0 heterocycles. The largest absolute Gasteiger partial charge is 0.396 e. The highest BCUT2D eigenvalue weighted by Gasteiger charge is 2.55. The molecule has 8 heavy (non-hydrogen) atoms. The Hall–Kier alpha value is -0.0400. The minimum Gasteiger partial charge on any atom is -0.396 e. The van der Waals surface area contributed by atoms with Crippen LogP contribution >= 0.6 is 0 Å². The van der Waals surface area contributed by atoms with Crippen LogP contribution in [0.4, 0.5) is 0 Å². The summed E-state index contributed by atoms with van der Waals surface area (Å²) in [7, 11) is 0. The molecule has 3 aliphatic rings. The van der Waals surface area contributed by atoms with Gasteiger partial charge in [0.05, 0.1) is 0 Å². The maximum atomic E-state index is 8.59. The highest BCUT2D eigenvalue weighted by Crippen LogP contribution is 2.66. The van der Waals surface area contributed by atoms with Gasteiger partial charge in [0, 0.05) is 6.61 Å². The smallest absolute Gasteiger partial charge is 0.0436 e. The van der Waals surface area contributed by atoms with Crippen LogP contribution in [0.5, 0.6) is 0 Å². The van der Waals surface area contributed by atoms with Crippen molar-refractivity contribution in [2.24, 2.45) is 11.3 Å². The normalized spacial score (nSPS) is 49.9. The second kappa shape index (κ2) is 1.27. The maximum Gasteiger partial charge on any atom is 0.0436 e. The zero-order chi connectivity index (χ0) is 5.61. The fraction of sp³-hybridized carbons (Fsp3) is 1.00. The van der Waals surface area contributed by atoms with Crippen LogP contribution < -0.4 is 0 Å². The van der Waals surface area contributed by atoms with E-state index in [0.717, 1.165) is 12.3 Å². The van der Waals surface area contributed by atoms with Crippen molar-refractivity contribution in [3.05, 3.63) is 0 Å². The van der Waals surface area contributed by atoms with Gasteiger partial charge in [-0.15, -0.1) is 0 Å². The lowest BCUT2D eigenvalue weighted by Crippen LogP contribution is -2.51. The molecular weight excluding hydrogens is 100 g/mol. The second-order valence-electron chi connectivity index (χ2n) is 3.45. The van der Waals surface area contributed by atoms with Crippen LogP contribution in [0.2, 0.25) is 0 Å². The molecule has 0 atom stereocenters. The van der Waals surface area contributed by atoms with Gasteiger partial charge in [-0.05, 0) is 37.0 Å². The van der Waals surface area contributed by atoms with Crippen molar-refractivity contribution in [1.82, 2.24) is 0 Å². The molecular formula is C7H12O. The fourth-order valence-corrected chi connectivity index (χ4v) is 2.20. The van der Waals surface area contributed by atoms with Crippen LogP contribution in [0.15, 0.2) is 0 Å². The van der Waals surface area contributed by atoms with E-state index in [2.05, 4.69) is 0 Å². The summed E-state index contributed by atoms with van der Waals surface area (Å²) in [6.07, 6.45) is 5.35. The van der Waals surface area contributed by atoms with Crippen LogP contribution in [0.1, 0.15) is 25.7 Å². The first kappa shape index (κ1) is 4.80. The molecule has 0 spiro atoms. The van der Waals surface area contributed by atoms with Crippen molar-refractivity contribution < 1.29 is 5.11 Å². The summed E-state index contributed by atoms with van der Waals surface area (Å²) < 4.78 is 0. The molecule has 0 aromatic rings. The number of rotatable bonds is 2. The van der Waals surface area contributed by atoms with E-state index in [1.54, 1.807) is 0 Å². The Morgan fingerprint density at radius 1 is 1.38 bits per heavy atom. The van der Waals surface area contributed by atoms with Gasteiger partial charge in [0.1, 0.15) is 0 Å². The van der Waals surface area contributed by atoms with Gasteiger partial charge < -0.3 is 5.11 Å². The Morgan fingerprint density at radius 2 is 2.00 bits per heavy atom. The monoisotopic (exact) mass is 112 g/mol. The number of aliphatic hydroxyl groups excluding tert-OH is 1. The molecule has 1 heteroatoms. The molecule has 2 bridgehead atoms. The molecule has 3 aliphatic carbocycles. The van der Waals surface area contributed by atoms with E-state index in [9.17, 15) is 0 Å². The summed E-state index contributed by atoms with van der Waals surface area (Å²) in [6, 6.07) is 0. The van der Waals surface area contributed by atoms with E-state index in [4.69, 9.17) is 5.11 Å². The lowest BCUT2D eigenvalue weighted by Gasteiger charge is -2.62. The molecule has 0 aromatic carbocycles. The molecule has 0 aliphatic heterocycles. The van der Waals surface area contributed by atoms with E-state index < -0.39 is 0 Å². The minimum absolute atomic E-state index is 0.409. The number of aliphatic hydroxyl groups is 1. The average Bonchev–Trinajstić information content (AvgIpc) is 1.50. The van der Waals surface area contributed by atoms with Gasteiger partial charge in [0.25, 0.3) is 0 Å². The summed E-state index contributed by atoms with van der Waals surface area (Å²) in [6.45, 7) is 0.409. The summed E-state index contributed by atoms with van der Waals surface area (Å²) >= 11 is 0. The third-order valence-electron chi connectivity index (χ3n) is 2.81. The lowest BCUT2D eigenvalue weighted by molar-refractivity contribution is -0.119. The summed E-state index contributed by atoms with van der Waals surface area (Å²) in [5, 5.41) is 8.59. The third kappa shape index (κ3) is 0.408. The predicted octanol–water partition coefficient (Wildman–Crippen LogP) is 1.17. The molecule has 0 aromatic heterocycles. The standard InChI is InChI=1S/C7H12O/c8-2-1-7-3-6(4-7)5-7/h6,8H,1-5H2. The van der Waals surface area contributed by atoms with Gasteiger partial charge in [-0.3, -0.25) is 0 Å². The van der Waals surface area contributed by atoms with Gasteiger partial charge in [-0.1, -0.05) is 0 Å². The first-order valence-corrected chi connectivity index (χ1v) is 3.46. The number of hydrogen-bond donors (Lipinski definition) is 1. The SMILES string of the molecule is OCCC12CC(C1)C2. The second-order valence-corrected chi connectivity index (χ2v) is 3.45. The van der Waals surface area contributed by atoms with E-state index in [1.165, 1.54) is 19.3 Å². The Bertz CT molecular complexity index is 91.9. The van der Waals surface area contributed by atoms with E-state index >= 15 is 0 Å². The molecule has 1 nitrogen and oxygen atoms in total. The molecule has 3 fully saturated rings. The molecule has 0 amide bonds. The minimum atomic E-state index is 0.409. The Labute approximate surface area is 49.7 Å². The van der Waals surface area contributed by atoms with E-state index in [1.807, 2.05) is 0 Å². The zero-order valence-electron chi connectivity index (χ0n) is 5.06. The van der Waals surface area contributed by atoms with Crippen molar-refractivity contribution in [2.75, 3.05) is 6.61 Å². The van der Waals surface area contributed by atoms with Gasteiger partial charge >= 0.3 is 0 Å². The molecule has 1 N–H and O–H groups in total. The van der Waals surface area contributed by atoms with Gasteiger partial charge in [-0.2, -0.15) is 0 Å². The molecule has 46 valence electrons. The van der Waals surface area contributed by atoms with Gasteiger partial charge in [-0.25, -0.2) is 0 Å². The van der Waals surface area contributed by atoms with E-state index in [-0.39, 0.29) is 0 Å². The first-order valence-electron chi connectivity index (χ1n) is 3.46. The molecule has 3 saturated carbocycles. The topological polar surface area (TPSA) is 20.2 Å². The third-order valence-corrected chi connectivity index (χ3v) is 2.81. The van der Waals surface area contributed by atoms with Crippen LogP contribution in [0.3, 0.4) is 0 Å². The summed E-state index contributed by atoms with van der Waals surface area (Å²) in [4.78, 5) is 0. The highest BCUT2D eigenvalue weighted by molar-refractivity contribution is 5.06. The van der Waals surface area contributed by atoms with Crippen molar-refractivity contribution in [3.63, 3.8) is 0 Å². The first-order chi connectivity index (χ1) is 3.85. The Morgan fingerprint density at radius 3 is 2.12 bits per heavy atom. The van der Waals surface area contributed by atoms with Crippen LogP contribution in [-0.2, 0) is 0 Å². The summed E-state index contributed by atoms with van der Waals surface area (Å²) in [5.74, 6) is 1.07. The summed E-state index contributed by atoms with van der Waals surface area (Å²) in [5.41, 5.74) is 0.666. The van der Waals surface area contributed by atoms with Crippen molar-refractivity contribution in [1.29, 1.82) is 0 Å². The molecule has 0 radical (unpaired) electrons. The van der Waals surface area contributed by atoms with E-state index in [0.29, 0.717) is 12.0 Å². The number of hydrogen-bond acceptors (Lipinski definition) is 1. The maximum absolute atomic E-state index is 8.59. The van der Waals surface area contributed by atoms with Gasteiger partial charge in [0.2, 0.25) is 0 Å². The van der Waals surface area contributed by atoms with Crippen LogP contribution in [-0.4, -0.2) is 11.7 Å². The highest BCUT2D eigenvalue weighted by atomic mass is 16.3. The Kier molecular flexibility index (Phi) is 0.762. The van der Waals surface area contributed by atoms with Crippen molar-refractivity contribution in [2.45, 2.75) is 25.7 Å². The van der Waals surface area contributed by atoms with Crippen LogP contribution in [0.25, 0.3) is 0 Å². The molecule has 0 unspecified atom stereocenters. The van der Waals surface area contributed by atoms with Gasteiger partial charge in [0.15, 0.2) is 0 Å². The van der Waals surface area contributed by atoms with Crippen LogP contribution in [0, 0.1) is 11.3 Å². The predicted molar refractivity (Wildman–Crippen MR) is 31.5 cm³/mol. The molecule has 3 rings (SSSR count). The fourth-order valence-electron chi connectivity index (χ4n) is 2.20. The Balaban J connectivity index is 1.87. The lowest BCUT2D eigenvalue weighted by atomic mass is 9.43.